The maximum Gasteiger partial charge on any atom is 0.224 e. The molecule has 1 heterocycles. The Morgan fingerprint density at radius 1 is 1.20 bits per heavy atom. The fourth-order valence-corrected chi connectivity index (χ4v) is 2.67. The van der Waals surface area contributed by atoms with Gasteiger partial charge in [0, 0.05) is 29.2 Å². The molecule has 0 saturated heterocycles. The Labute approximate surface area is 144 Å². The van der Waals surface area contributed by atoms with Crippen molar-refractivity contribution >= 4 is 16.8 Å². The standard InChI is InChI=1S/C19H19FN2O3/c20-15-5-6-17-16(10-15)14(12-21-17)9-19(24)22-11-13-3-1-2-4-18(13)25-8-7-23/h1-6,10,12,21,23H,7-9,11H2,(H,22,24). The Morgan fingerprint density at radius 3 is 2.88 bits per heavy atom. The van der Waals surface area contributed by atoms with Crippen molar-refractivity contribution in [1.29, 1.82) is 0 Å². The predicted octanol–water partition coefficient (Wildman–Crippen LogP) is 2.54. The van der Waals surface area contributed by atoms with Crippen LogP contribution in [0, 0.1) is 5.82 Å². The Morgan fingerprint density at radius 2 is 2.04 bits per heavy atom. The number of halogens is 1. The first-order valence-electron chi connectivity index (χ1n) is 8.01. The number of aromatic nitrogens is 1. The number of aliphatic hydroxyl groups is 1. The highest BCUT2D eigenvalue weighted by atomic mass is 19.1. The number of hydrogen-bond donors (Lipinski definition) is 3. The summed E-state index contributed by atoms with van der Waals surface area (Å²) in [4.78, 5) is 15.3. The van der Waals surface area contributed by atoms with E-state index in [0.29, 0.717) is 17.7 Å². The number of amides is 1. The lowest BCUT2D eigenvalue weighted by atomic mass is 10.1. The van der Waals surface area contributed by atoms with Crippen LogP contribution in [-0.4, -0.2) is 29.2 Å². The van der Waals surface area contributed by atoms with E-state index in [1.165, 1.54) is 12.1 Å². The van der Waals surface area contributed by atoms with Crippen LogP contribution in [0.1, 0.15) is 11.1 Å². The van der Waals surface area contributed by atoms with Gasteiger partial charge in [0.25, 0.3) is 0 Å². The fourth-order valence-electron chi connectivity index (χ4n) is 2.67. The number of nitrogens with one attached hydrogen (secondary N) is 2. The van der Waals surface area contributed by atoms with E-state index in [9.17, 15) is 9.18 Å². The third-order valence-electron chi connectivity index (χ3n) is 3.88. The van der Waals surface area contributed by atoms with Crippen LogP contribution in [0.25, 0.3) is 10.9 Å². The van der Waals surface area contributed by atoms with E-state index in [1.807, 2.05) is 18.2 Å². The number of aliphatic hydroxyl groups excluding tert-OH is 1. The molecular weight excluding hydrogens is 323 g/mol. The number of carbonyl (C=O) groups is 1. The monoisotopic (exact) mass is 342 g/mol. The minimum absolute atomic E-state index is 0.0716. The molecule has 6 heteroatoms. The zero-order valence-corrected chi connectivity index (χ0v) is 13.6. The van der Waals surface area contributed by atoms with Gasteiger partial charge in [0.15, 0.2) is 0 Å². The van der Waals surface area contributed by atoms with Crippen LogP contribution in [-0.2, 0) is 17.8 Å². The maximum atomic E-state index is 13.4. The van der Waals surface area contributed by atoms with Gasteiger partial charge >= 0.3 is 0 Å². The molecule has 130 valence electrons. The van der Waals surface area contributed by atoms with Crippen molar-refractivity contribution in [2.45, 2.75) is 13.0 Å². The molecule has 0 bridgehead atoms. The lowest BCUT2D eigenvalue weighted by molar-refractivity contribution is -0.120. The van der Waals surface area contributed by atoms with E-state index in [4.69, 9.17) is 9.84 Å². The number of hydrogen-bond acceptors (Lipinski definition) is 3. The number of fused-ring (bicyclic) bond motifs is 1. The largest absolute Gasteiger partial charge is 0.491 e. The molecule has 3 N–H and O–H groups in total. The predicted molar refractivity (Wildman–Crippen MR) is 92.8 cm³/mol. The van der Waals surface area contributed by atoms with E-state index in [-0.39, 0.29) is 31.4 Å². The first-order valence-corrected chi connectivity index (χ1v) is 8.01. The zero-order chi connectivity index (χ0) is 17.6. The van der Waals surface area contributed by atoms with Crippen LogP contribution < -0.4 is 10.1 Å². The summed E-state index contributed by atoms with van der Waals surface area (Å²) in [6, 6.07) is 11.8. The second-order valence-corrected chi connectivity index (χ2v) is 5.64. The van der Waals surface area contributed by atoms with Gasteiger partial charge in [-0.1, -0.05) is 18.2 Å². The summed E-state index contributed by atoms with van der Waals surface area (Å²) in [6.07, 6.45) is 1.88. The molecule has 1 amide bonds. The third kappa shape index (κ3) is 4.16. The molecule has 5 nitrogen and oxygen atoms in total. The summed E-state index contributed by atoms with van der Waals surface area (Å²) in [7, 11) is 0. The summed E-state index contributed by atoms with van der Waals surface area (Å²) >= 11 is 0. The van der Waals surface area contributed by atoms with Gasteiger partial charge in [-0.15, -0.1) is 0 Å². The van der Waals surface area contributed by atoms with E-state index in [1.54, 1.807) is 18.3 Å². The SMILES string of the molecule is O=C(Cc1c[nH]c2ccc(F)cc12)NCc1ccccc1OCCO. The van der Waals surface area contributed by atoms with Crippen molar-refractivity contribution in [3.63, 3.8) is 0 Å². The quantitative estimate of drug-likeness (QED) is 0.618. The van der Waals surface area contributed by atoms with Crippen molar-refractivity contribution in [3.05, 3.63) is 65.6 Å². The van der Waals surface area contributed by atoms with Crippen LogP contribution in [0.15, 0.2) is 48.7 Å². The molecule has 0 aliphatic rings. The Kier molecular flexibility index (Phi) is 5.30. The molecule has 3 aromatic rings. The van der Waals surface area contributed by atoms with Crippen molar-refractivity contribution in [2.24, 2.45) is 0 Å². The molecule has 0 fully saturated rings. The lowest BCUT2D eigenvalue weighted by Gasteiger charge is -2.11. The van der Waals surface area contributed by atoms with Gasteiger partial charge in [-0.2, -0.15) is 0 Å². The summed E-state index contributed by atoms with van der Waals surface area (Å²) < 4.78 is 18.8. The van der Waals surface area contributed by atoms with Crippen molar-refractivity contribution < 1.29 is 19.0 Å². The highest BCUT2D eigenvalue weighted by molar-refractivity contribution is 5.88. The van der Waals surface area contributed by atoms with E-state index in [2.05, 4.69) is 10.3 Å². The summed E-state index contributed by atoms with van der Waals surface area (Å²) in [5, 5.41) is 12.4. The van der Waals surface area contributed by atoms with Crippen molar-refractivity contribution in [2.75, 3.05) is 13.2 Å². The molecular formula is C19H19FN2O3. The Balaban J connectivity index is 1.64. The van der Waals surface area contributed by atoms with Gasteiger partial charge in [0.1, 0.15) is 18.2 Å². The second-order valence-electron chi connectivity index (χ2n) is 5.64. The van der Waals surface area contributed by atoms with Crippen LogP contribution in [0.4, 0.5) is 4.39 Å². The molecule has 0 unspecified atom stereocenters. The fraction of sp³-hybridized carbons (Fsp3) is 0.211. The molecule has 1 aromatic heterocycles. The molecule has 0 aliphatic carbocycles. The first kappa shape index (κ1) is 17.0. The molecule has 0 saturated carbocycles. The van der Waals surface area contributed by atoms with Crippen LogP contribution >= 0.6 is 0 Å². The van der Waals surface area contributed by atoms with Gasteiger partial charge in [0.05, 0.1) is 13.0 Å². The molecule has 0 atom stereocenters. The molecule has 3 rings (SSSR count). The van der Waals surface area contributed by atoms with Gasteiger partial charge in [0.2, 0.25) is 5.91 Å². The molecule has 2 aromatic carbocycles. The average molecular weight is 342 g/mol. The normalized spacial score (nSPS) is 10.8. The highest BCUT2D eigenvalue weighted by Crippen LogP contribution is 2.20. The van der Waals surface area contributed by atoms with Crippen LogP contribution in [0.3, 0.4) is 0 Å². The van der Waals surface area contributed by atoms with E-state index in [0.717, 1.165) is 16.6 Å². The average Bonchev–Trinajstić information content (AvgIpc) is 3.01. The number of benzene rings is 2. The topological polar surface area (TPSA) is 74.4 Å². The minimum atomic E-state index is -0.330. The number of rotatable bonds is 7. The van der Waals surface area contributed by atoms with Gasteiger partial charge < -0.3 is 20.1 Å². The van der Waals surface area contributed by atoms with Gasteiger partial charge in [-0.25, -0.2) is 4.39 Å². The number of ether oxygens (including phenoxy) is 1. The summed E-state index contributed by atoms with van der Waals surface area (Å²) in [5.74, 6) is 0.136. The zero-order valence-electron chi connectivity index (χ0n) is 13.6. The molecule has 25 heavy (non-hydrogen) atoms. The van der Waals surface area contributed by atoms with Crippen molar-refractivity contribution in [1.82, 2.24) is 10.3 Å². The second kappa shape index (κ2) is 7.81. The van der Waals surface area contributed by atoms with E-state index < -0.39 is 0 Å². The van der Waals surface area contributed by atoms with Gasteiger partial charge in [-0.3, -0.25) is 4.79 Å². The third-order valence-corrected chi connectivity index (χ3v) is 3.88. The smallest absolute Gasteiger partial charge is 0.224 e. The number of carbonyl (C=O) groups excluding carboxylic acids is 1. The molecule has 0 spiro atoms. The van der Waals surface area contributed by atoms with Crippen molar-refractivity contribution in [3.8, 4) is 5.75 Å². The molecule has 0 radical (unpaired) electrons. The minimum Gasteiger partial charge on any atom is -0.491 e. The summed E-state index contributed by atoms with van der Waals surface area (Å²) in [5.41, 5.74) is 2.37. The van der Waals surface area contributed by atoms with Gasteiger partial charge in [-0.05, 0) is 29.8 Å². The van der Waals surface area contributed by atoms with E-state index >= 15 is 0 Å². The number of H-pyrrole nitrogens is 1. The number of para-hydroxylation sites is 1. The maximum absolute atomic E-state index is 13.4. The van der Waals surface area contributed by atoms with Crippen LogP contribution in [0.2, 0.25) is 0 Å². The van der Waals surface area contributed by atoms with Crippen LogP contribution in [0.5, 0.6) is 5.75 Å². The first-order chi connectivity index (χ1) is 12.2. The number of aromatic amines is 1. The Bertz CT molecular complexity index is 876. The summed E-state index contributed by atoms with van der Waals surface area (Å²) in [6.45, 7) is 0.445. The lowest BCUT2D eigenvalue weighted by Crippen LogP contribution is -2.24. The Hall–Kier alpha value is -2.86. The highest BCUT2D eigenvalue weighted by Gasteiger charge is 2.10. The molecule has 0 aliphatic heterocycles.